The highest BCUT2D eigenvalue weighted by Gasteiger charge is 2.34. The van der Waals surface area contributed by atoms with Crippen LogP contribution in [0, 0.1) is 0 Å². The summed E-state index contributed by atoms with van der Waals surface area (Å²) in [5.74, 6) is -0.150. The zero-order valence-electron chi connectivity index (χ0n) is 11.1. The first kappa shape index (κ1) is 15.7. The van der Waals surface area contributed by atoms with E-state index in [4.69, 9.17) is 23.8 Å². The van der Waals surface area contributed by atoms with Crippen molar-refractivity contribution in [3.63, 3.8) is 0 Å². The van der Waals surface area contributed by atoms with Gasteiger partial charge >= 0.3 is 0 Å². The molecule has 0 N–H and O–H groups in total. The quantitative estimate of drug-likeness (QED) is 0.481. The molecule has 0 atom stereocenters. The molecule has 3 rings (SSSR count). The Morgan fingerprint density at radius 3 is 2.68 bits per heavy atom. The molecule has 2 nitrogen and oxygen atoms in total. The van der Waals surface area contributed by atoms with Crippen LogP contribution in [0.3, 0.4) is 0 Å². The zero-order valence-corrected chi connectivity index (χ0v) is 15.1. The summed E-state index contributed by atoms with van der Waals surface area (Å²) in [6.07, 6.45) is 1.83. The maximum atomic E-state index is 12.6. The van der Waals surface area contributed by atoms with Gasteiger partial charge in [-0.2, -0.15) is 0 Å². The minimum atomic E-state index is -0.150. The lowest BCUT2D eigenvalue weighted by Gasteiger charge is -2.15. The molecule has 1 saturated heterocycles. The van der Waals surface area contributed by atoms with Gasteiger partial charge in [-0.05, 0) is 35.9 Å². The highest BCUT2D eigenvalue weighted by molar-refractivity contribution is 9.10. The van der Waals surface area contributed by atoms with Crippen molar-refractivity contribution in [2.75, 3.05) is 4.90 Å². The molecular weight excluding hydrogens is 402 g/mol. The summed E-state index contributed by atoms with van der Waals surface area (Å²) in [7, 11) is 0. The Morgan fingerprint density at radius 2 is 1.95 bits per heavy atom. The van der Waals surface area contributed by atoms with Crippen LogP contribution in [-0.4, -0.2) is 10.2 Å². The molecular formula is C16H9BrClNOS2. The molecule has 0 spiro atoms. The van der Waals surface area contributed by atoms with Crippen molar-refractivity contribution in [1.82, 2.24) is 0 Å². The molecule has 2 aromatic rings. The van der Waals surface area contributed by atoms with Crippen LogP contribution in [0.4, 0.5) is 5.69 Å². The molecule has 0 aromatic heterocycles. The van der Waals surface area contributed by atoms with Gasteiger partial charge in [-0.25, -0.2) is 0 Å². The lowest BCUT2D eigenvalue weighted by atomic mass is 10.2. The lowest BCUT2D eigenvalue weighted by molar-refractivity contribution is -0.113. The first-order valence-electron chi connectivity index (χ1n) is 6.34. The predicted octanol–water partition coefficient (Wildman–Crippen LogP) is 5.51. The Bertz CT molecular complexity index is 806. The minimum absolute atomic E-state index is 0.150. The van der Waals surface area contributed by atoms with Crippen LogP contribution in [0.25, 0.3) is 6.08 Å². The third-order valence-electron chi connectivity index (χ3n) is 3.03. The molecule has 2 aromatic carbocycles. The van der Waals surface area contributed by atoms with Gasteiger partial charge in [-0.15, -0.1) is 0 Å². The van der Waals surface area contributed by atoms with Crippen LogP contribution in [-0.2, 0) is 4.79 Å². The molecule has 6 heteroatoms. The molecule has 0 saturated carbocycles. The molecule has 1 aliphatic heterocycles. The maximum Gasteiger partial charge on any atom is 0.270 e. The van der Waals surface area contributed by atoms with Crippen LogP contribution in [0.1, 0.15) is 5.56 Å². The fraction of sp³-hybridized carbons (Fsp3) is 0. The van der Waals surface area contributed by atoms with Crippen molar-refractivity contribution in [2.24, 2.45) is 0 Å². The standard InChI is InChI=1S/C16H9BrClNOS2/c17-11-5-3-4-10(8-11)9-14-15(20)19(16(21)22-14)13-7-2-1-6-12(13)18/h1-9H. The van der Waals surface area contributed by atoms with E-state index in [-0.39, 0.29) is 5.91 Å². The number of para-hydroxylation sites is 1. The van der Waals surface area contributed by atoms with Gasteiger partial charge in [0.2, 0.25) is 0 Å². The third-order valence-corrected chi connectivity index (χ3v) is 5.15. The first-order chi connectivity index (χ1) is 10.6. The van der Waals surface area contributed by atoms with Crippen LogP contribution in [0.15, 0.2) is 57.9 Å². The second-order valence-corrected chi connectivity index (χ2v) is 7.52. The van der Waals surface area contributed by atoms with Crippen molar-refractivity contribution in [2.45, 2.75) is 0 Å². The van der Waals surface area contributed by atoms with Crippen molar-refractivity contribution in [3.05, 3.63) is 68.5 Å². The molecule has 1 amide bonds. The third kappa shape index (κ3) is 3.13. The van der Waals surface area contributed by atoms with E-state index in [2.05, 4.69) is 15.9 Å². The van der Waals surface area contributed by atoms with E-state index in [0.717, 1.165) is 10.0 Å². The van der Waals surface area contributed by atoms with E-state index >= 15 is 0 Å². The van der Waals surface area contributed by atoms with Gasteiger partial charge in [0.15, 0.2) is 4.32 Å². The number of hydrogen-bond donors (Lipinski definition) is 0. The number of carbonyl (C=O) groups excluding carboxylic acids is 1. The van der Waals surface area contributed by atoms with Crippen LogP contribution in [0.2, 0.25) is 5.02 Å². The summed E-state index contributed by atoms with van der Waals surface area (Å²) in [5.41, 5.74) is 1.55. The number of rotatable bonds is 2. The van der Waals surface area contributed by atoms with E-state index < -0.39 is 0 Å². The van der Waals surface area contributed by atoms with Crippen molar-refractivity contribution < 1.29 is 4.79 Å². The average Bonchev–Trinajstić information content (AvgIpc) is 2.74. The number of hydrogen-bond acceptors (Lipinski definition) is 3. The van der Waals surface area contributed by atoms with E-state index in [1.807, 2.05) is 42.5 Å². The van der Waals surface area contributed by atoms with Crippen molar-refractivity contribution in [1.29, 1.82) is 0 Å². The summed E-state index contributed by atoms with van der Waals surface area (Å²) in [5, 5.41) is 0.502. The Morgan fingerprint density at radius 1 is 1.18 bits per heavy atom. The van der Waals surface area contributed by atoms with E-state index in [0.29, 0.717) is 19.9 Å². The van der Waals surface area contributed by atoms with E-state index in [9.17, 15) is 4.79 Å². The number of amides is 1. The highest BCUT2D eigenvalue weighted by atomic mass is 79.9. The van der Waals surface area contributed by atoms with Gasteiger partial charge in [0.25, 0.3) is 5.91 Å². The van der Waals surface area contributed by atoms with Crippen LogP contribution < -0.4 is 4.90 Å². The molecule has 1 heterocycles. The Labute approximate surface area is 151 Å². The number of nitrogens with zero attached hydrogens (tertiary/aromatic N) is 1. The summed E-state index contributed by atoms with van der Waals surface area (Å²) in [4.78, 5) is 14.7. The van der Waals surface area contributed by atoms with Gasteiger partial charge in [0, 0.05) is 4.47 Å². The van der Waals surface area contributed by atoms with E-state index in [1.54, 1.807) is 12.1 Å². The monoisotopic (exact) mass is 409 g/mol. The van der Waals surface area contributed by atoms with Gasteiger partial charge in [-0.3, -0.25) is 9.69 Å². The summed E-state index contributed by atoms with van der Waals surface area (Å²) >= 11 is 16.2. The smallest absolute Gasteiger partial charge is 0.268 e. The molecule has 110 valence electrons. The molecule has 1 aliphatic rings. The van der Waals surface area contributed by atoms with E-state index in [1.165, 1.54) is 16.7 Å². The number of thioether (sulfide) groups is 1. The highest BCUT2D eigenvalue weighted by Crippen LogP contribution is 2.38. The van der Waals surface area contributed by atoms with Crippen molar-refractivity contribution >= 4 is 73.5 Å². The Hall–Kier alpha value is -1.14. The molecule has 0 aliphatic carbocycles. The van der Waals surface area contributed by atoms with Gasteiger partial charge in [0.05, 0.1) is 15.6 Å². The Kier molecular flexibility index (Phi) is 4.68. The lowest BCUT2D eigenvalue weighted by Crippen LogP contribution is -2.27. The molecule has 0 bridgehead atoms. The largest absolute Gasteiger partial charge is 0.270 e. The number of halogens is 2. The number of benzene rings is 2. The van der Waals surface area contributed by atoms with Gasteiger partial charge < -0.3 is 0 Å². The Balaban J connectivity index is 1.97. The van der Waals surface area contributed by atoms with Gasteiger partial charge in [0.1, 0.15) is 0 Å². The predicted molar refractivity (Wildman–Crippen MR) is 101 cm³/mol. The topological polar surface area (TPSA) is 20.3 Å². The zero-order chi connectivity index (χ0) is 15.7. The second-order valence-electron chi connectivity index (χ2n) is 4.52. The van der Waals surface area contributed by atoms with Crippen LogP contribution in [0.5, 0.6) is 0 Å². The number of carbonyl (C=O) groups is 1. The average molecular weight is 411 g/mol. The van der Waals surface area contributed by atoms with Gasteiger partial charge in [-0.1, -0.05) is 75.8 Å². The first-order valence-corrected chi connectivity index (χ1v) is 8.74. The summed E-state index contributed by atoms with van der Waals surface area (Å²) < 4.78 is 1.45. The molecule has 0 radical (unpaired) electrons. The SMILES string of the molecule is O=C1C(=Cc2cccc(Br)c2)SC(=S)N1c1ccccc1Cl. The van der Waals surface area contributed by atoms with Crippen LogP contribution >= 0.6 is 51.5 Å². The second kappa shape index (κ2) is 6.54. The maximum absolute atomic E-state index is 12.6. The number of thiocarbonyl (C=S) groups is 1. The molecule has 22 heavy (non-hydrogen) atoms. The summed E-state index contributed by atoms with van der Waals surface area (Å²) in [6.45, 7) is 0. The normalized spacial score (nSPS) is 16.6. The molecule has 0 unspecified atom stereocenters. The van der Waals surface area contributed by atoms with Crippen molar-refractivity contribution in [3.8, 4) is 0 Å². The number of anilines is 1. The summed E-state index contributed by atoms with van der Waals surface area (Å²) in [6, 6.07) is 14.9. The fourth-order valence-electron chi connectivity index (χ4n) is 2.06. The molecule has 1 fully saturated rings. The fourth-order valence-corrected chi connectivity index (χ4v) is 3.98. The minimum Gasteiger partial charge on any atom is -0.268 e.